The number of nitrogens with one attached hydrogen (secondary N) is 1. The Balaban J connectivity index is 1.68. The number of benzene rings is 2. The number of hydrogen-bond acceptors (Lipinski definition) is 3. The van der Waals surface area contributed by atoms with Crippen molar-refractivity contribution in [2.75, 3.05) is 4.90 Å². The first-order valence-corrected chi connectivity index (χ1v) is 11.8. The molecule has 1 aliphatic heterocycles. The van der Waals surface area contributed by atoms with Crippen LogP contribution in [0.3, 0.4) is 0 Å². The van der Waals surface area contributed by atoms with Crippen LogP contribution in [0, 0.1) is 27.7 Å². The van der Waals surface area contributed by atoms with Gasteiger partial charge in [-0.1, -0.05) is 12.1 Å². The summed E-state index contributed by atoms with van der Waals surface area (Å²) in [4.78, 5) is 6.90. The van der Waals surface area contributed by atoms with Crippen LogP contribution in [0.5, 0.6) is 5.75 Å². The standard InChI is InChI=1S/C28H28N4OS/c1-17-8-9-22(15-18(17)2)32-27(26(30-28(32)34)25-7-5-6-14-29-25)24-16-19(3)31(20(24)4)21-10-12-23(33)13-11-21/h5-16,26-27,33H,1-4H3,(H,30,34)/t26-,27-/m1/s1. The van der Waals surface area contributed by atoms with Crippen LogP contribution in [0.4, 0.5) is 5.69 Å². The summed E-state index contributed by atoms with van der Waals surface area (Å²) in [7, 11) is 0. The van der Waals surface area contributed by atoms with Crippen molar-refractivity contribution in [3.05, 3.63) is 107 Å². The molecule has 0 saturated carbocycles. The lowest BCUT2D eigenvalue weighted by atomic mass is 9.96. The van der Waals surface area contributed by atoms with Gasteiger partial charge in [0.15, 0.2) is 5.11 Å². The Hall–Kier alpha value is -3.64. The zero-order chi connectivity index (χ0) is 24.0. The van der Waals surface area contributed by atoms with Gasteiger partial charge in [-0.15, -0.1) is 0 Å². The molecule has 2 aromatic carbocycles. The molecule has 1 aliphatic rings. The van der Waals surface area contributed by atoms with Crippen molar-refractivity contribution >= 4 is 23.0 Å². The number of aromatic hydroxyl groups is 1. The monoisotopic (exact) mass is 468 g/mol. The van der Waals surface area contributed by atoms with Crippen molar-refractivity contribution in [1.29, 1.82) is 0 Å². The van der Waals surface area contributed by atoms with Crippen molar-refractivity contribution in [1.82, 2.24) is 14.9 Å². The minimum Gasteiger partial charge on any atom is -0.508 e. The number of rotatable bonds is 4. The largest absolute Gasteiger partial charge is 0.508 e. The third kappa shape index (κ3) is 3.74. The molecule has 1 fully saturated rings. The molecule has 5 nitrogen and oxygen atoms in total. The van der Waals surface area contributed by atoms with E-state index in [1.807, 2.05) is 30.5 Å². The Morgan fingerprint density at radius 1 is 0.882 bits per heavy atom. The van der Waals surface area contributed by atoms with Gasteiger partial charge in [0.1, 0.15) is 5.75 Å². The Bertz CT molecular complexity index is 1360. The quantitative estimate of drug-likeness (QED) is 0.361. The van der Waals surface area contributed by atoms with Crippen molar-refractivity contribution in [3.63, 3.8) is 0 Å². The topological polar surface area (TPSA) is 53.3 Å². The van der Waals surface area contributed by atoms with Gasteiger partial charge in [0.25, 0.3) is 0 Å². The summed E-state index contributed by atoms with van der Waals surface area (Å²) in [5.74, 6) is 0.257. The van der Waals surface area contributed by atoms with Gasteiger partial charge >= 0.3 is 0 Å². The molecule has 34 heavy (non-hydrogen) atoms. The van der Waals surface area contributed by atoms with E-state index in [0.29, 0.717) is 5.11 Å². The molecule has 0 radical (unpaired) electrons. The fourth-order valence-electron chi connectivity index (χ4n) is 4.91. The summed E-state index contributed by atoms with van der Waals surface area (Å²) >= 11 is 5.90. The van der Waals surface area contributed by atoms with Gasteiger partial charge in [-0.3, -0.25) is 4.98 Å². The van der Waals surface area contributed by atoms with Crippen LogP contribution < -0.4 is 10.2 Å². The summed E-state index contributed by atoms with van der Waals surface area (Å²) in [6, 6.07) is 21.9. The predicted octanol–water partition coefficient (Wildman–Crippen LogP) is 5.99. The number of thiocarbonyl (C=S) groups is 1. The highest BCUT2D eigenvalue weighted by atomic mass is 32.1. The molecule has 3 heterocycles. The molecule has 5 rings (SSSR count). The Morgan fingerprint density at radius 2 is 1.62 bits per heavy atom. The summed E-state index contributed by atoms with van der Waals surface area (Å²) in [5, 5.41) is 14.0. The molecule has 6 heteroatoms. The number of phenolic OH excluding ortho intramolecular Hbond substituents is 1. The maximum Gasteiger partial charge on any atom is 0.174 e. The Labute approximate surface area is 205 Å². The lowest BCUT2D eigenvalue weighted by Gasteiger charge is -2.28. The van der Waals surface area contributed by atoms with E-state index in [1.54, 1.807) is 12.1 Å². The average molecular weight is 469 g/mol. The van der Waals surface area contributed by atoms with Crippen LogP contribution in [0.15, 0.2) is 72.9 Å². The van der Waals surface area contributed by atoms with Gasteiger partial charge in [-0.2, -0.15) is 0 Å². The van der Waals surface area contributed by atoms with Gasteiger partial charge < -0.3 is 19.9 Å². The number of pyridine rings is 1. The van der Waals surface area contributed by atoms with Crippen molar-refractivity contribution in [2.24, 2.45) is 0 Å². The van der Waals surface area contributed by atoms with E-state index in [4.69, 9.17) is 12.2 Å². The van der Waals surface area contributed by atoms with Crippen LogP contribution in [0.25, 0.3) is 5.69 Å². The third-order valence-corrected chi connectivity index (χ3v) is 7.08. The predicted molar refractivity (Wildman–Crippen MR) is 141 cm³/mol. The second kappa shape index (κ2) is 8.61. The summed E-state index contributed by atoms with van der Waals surface area (Å²) in [5.41, 5.74) is 8.96. The lowest BCUT2D eigenvalue weighted by Crippen LogP contribution is -2.29. The minimum absolute atomic E-state index is 0.0680. The number of hydrogen-bond donors (Lipinski definition) is 2. The second-order valence-electron chi connectivity index (χ2n) is 8.94. The number of nitrogens with zero attached hydrogens (tertiary/aromatic N) is 3. The summed E-state index contributed by atoms with van der Waals surface area (Å²) in [6.45, 7) is 8.51. The number of aryl methyl sites for hydroxylation is 3. The van der Waals surface area contributed by atoms with Crippen molar-refractivity contribution in [3.8, 4) is 11.4 Å². The molecular weight excluding hydrogens is 440 g/mol. The Morgan fingerprint density at radius 3 is 2.29 bits per heavy atom. The van der Waals surface area contributed by atoms with Gasteiger partial charge in [-0.25, -0.2) is 0 Å². The first-order valence-electron chi connectivity index (χ1n) is 11.4. The lowest BCUT2D eigenvalue weighted by molar-refractivity contribution is 0.475. The first kappa shape index (κ1) is 22.2. The molecule has 1 saturated heterocycles. The minimum atomic E-state index is -0.0934. The first-order chi connectivity index (χ1) is 16.3. The van der Waals surface area contributed by atoms with E-state index in [0.717, 1.165) is 28.5 Å². The molecule has 0 amide bonds. The zero-order valence-corrected chi connectivity index (χ0v) is 20.6. The van der Waals surface area contributed by atoms with Gasteiger partial charge in [0.05, 0.1) is 17.8 Å². The van der Waals surface area contributed by atoms with Crippen LogP contribution >= 0.6 is 12.2 Å². The molecule has 2 atom stereocenters. The fourth-order valence-corrected chi connectivity index (χ4v) is 5.26. The van der Waals surface area contributed by atoms with E-state index < -0.39 is 0 Å². The molecule has 4 aromatic rings. The van der Waals surface area contributed by atoms with Gasteiger partial charge in [0, 0.05) is 29.0 Å². The molecule has 0 spiro atoms. The maximum atomic E-state index is 9.77. The molecular formula is C28H28N4OS. The van der Waals surface area contributed by atoms with E-state index in [2.05, 4.69) is 77.8 Å². The number of phenols is 1. The van der Waals surface area contributed by atoms with Crippen molar-refractivity contribution in [2.45, 2.75) is 39.8 Å². The third-order valence-electron chi connectivity index (χ3n) is 6.76. The summed E-state index contributed by atoms with van der Waals surface area (Å²) in [6.07, 6.45) is 1.83. The van der Waals surface area contributed by atoms with E-state index in [9.17, 15) is 5.11 Å². The van der Waals surface area contributed by atoms with Gasteiger partial charge in [0.2, 0.25) is 0 Å². The highest BCUT2D eigenvalue weighted by Crippen LogP contribution is 2.44. The Kier molecular flexibility index (Phi) is 5.62. The van der Waals surface area contributed by atoms with Crippen LogP contribution in [-0.4, -0.2) is 19.8 Å². The zero-order valence-electron chi connectivity index (χ0n) is 19.8. The number of anilines is 1. The smallest absolute Gasteiger partial charge is 0.174 e. The molecule has 0 unspecified atom stereocenters. The van der Waals surface area contributed by atoms with E-state index in [-0.39, 0.29) is 17.8 Å². The van der Waals surface area contributed by atoms with E-state index >= 15 is 0 Å². The summed E-state index contributed by atoms with van der Waals surface area (Å²) < 4.78 is 2.23. The van der Waals surface area contributed by atoms with Crippen LogP contribution in [0.1, 0.15) is 45.9 Å². The SMILES string of the molecule is Cc1ccc(N2C(=S)N[C@H](c3ccccn3)[C@H]2c2cc(C)n(-c3ccc(O)cc3)c2C)cc1C. The van der Waals surface area contributed by atoms with E-state index in [1.165, 1.54) is 16.7 Å². The molecule has 2 aromatic heterocycles. The van der Waals surface area contributed by atoms with Gasteiger partial charge in [-0.05, 0) is 111 Å². The molecule has 2 N–H and O–H groups in total. The fraction of sp³-hybridized carbons (Fsp3) is 0.214. The average Bonchev–Trinajstić information content (AvgIpc) is 3.32. The molecule has 0 bridgehead atoms. The molecule has 172 valence electrons. The highest BCUT2D eigenvalue weighted by Gasteiger charge is 2.42. The molecule has 0 aliphatic carbocycles. The van der Waals surface area contributed by atoms with Crippen molar-refractivity contribution < 1.29 is 5.11 Å². The van der Waals surface area contributed by atoms with Crippen LogP contribution in [-0.2, 0) is 0 Å². The number of aromatic nitrogens is 2. The maximum absolute atomic E-state index is 9.77. The highest BCUT2D eigenvalue weighted by molar-refractivity contribution is 7.80. The second-order valence-corrected chi connectivity index (χ2v) is 9.33. The normalized spacial score (nSPS) is 17.8. The van der Waals surface area contributed by atoms with Crippen LogP contribution in [0.2, 0.25) is 0 Å².